The second-order valence-corrected chi connectivity index (χ2v) is 1.73. The van der Waals surface area contributed by atoms with Crippen molar-refractivity contribution in [1.82, 2.24) is 0 Å². The van der Waals surface area contributed by atoms with Gasteiger partial charge in [0.2, 0.25) is 0 Å². The molecule has 0 fully saturated rings. The van der Waals surface area contributed by atoms with Gasteiger partial charge in [0, 0.05) is 0 Å². The van der Waals surface area contributed by atoms with E-state index in [1.165, 1.54) is 0 Å². The van der Waals surface area contributed by atoms with Crippen molar-refractivity contribution in [3.05, 3.63) is 19.1 Å². The van der Waals surface area contributed by atoms with Crippen LogP contribution in [0.5, 0.6) is 0 Å². The van der Waals surface area contributed by atoms with Gasteiger partial charge in [-0.15, -0.1) is 6.58 Å². The summed E-state index contributed by atoms with van der Waals surface area (Å²) < 4.78 is 4.94. The van der Waals surface area contributed by atoms with Gasteiger partial charge in [-0.25, -0.2) is 0 Å². The molecule has 0 aliphatic carbocycles. The van der Waals surface area contributed by atoms with E-state index in [0.717, 1.165) is 0 Å². The fourth-order valence-corrected chi connectivity index (χ4v) is 0.368. The number of hydrogen-bond donors (Lipinski definition) is 1. The van der Waals surface area contributed by atoms with Gasteiger partial charge >= 0.3 is 0 Å². The number of hydrogen-bond acceptors (Lipinski definition) is 2. The molecule has 0 aliphatic rings. The Morgan fingerprint density at radius 2 is 2.44 bits per heavy atom. The molecule has 0 amide bonds. The van der Waals surface area contributed by atoms with Crippen LogP contribution >= 0.6 is 0 Å². The molecule has 1 N–H and O–H groups in total. The maximum atomic E-state index is 8.87. The molecule has 2 heteroatoms. The van der Waals surface area contributed by atoms with Crippen LogP contribution in [0.15, 0.2) is 12.7 Å². The van der Waals surface area contributed by atoms with Crippen molar-refractivity contribution in [1.29, 1.82) is 0 Å². The van der Waals surface area contributed by atoms with Crippen LogP contribution in [0.3, 0.4) is 0 Å². The Bertz CT molecular complexity index is 71.3. The Balaban J connectivity index is 2.96. The molecule has 0 aromatic heterocycles. The van der Waals surface area contributed by atoms with E-state index in [0.29, 0.717) is 13.2 Å². The fourth-order valence-electron chi connectivity index (χ4n) is 0.368. The summed E-state index contributed by atoms with van der Waals surface area (Å²) in [5.41, 5.74) is 0. The molecule has 1 radical (unpaired) electrons. The van der Waals surface area contributed by atoms with Crippen molar-refractivity contribution < 1.29 is 9.84 Å². The van der Waals surface area contributed by atoms with Crippen LogP contribution < -0.4 is 0 Å². The predicted octanol–water partition coefficient (Wildman–Crippen LogP) is 0.774. The first-order valence-corrected chi connectivity index (χ1v) is 2.97. The highest BCUT2D eigenvalue weighted by Crippen LogP contribution is 1.88. The summed E-state index contributed by atoms with van der Waals surface area (Å²) in [4.78, 5) is 0. The molecule has 0 spiro atoms. The van der Waals surface area contributed by atoms with Crippen molar-refractivity contribution >= 4 is 0 Å². The Hall–Kier alpha value is -0.340. The second-order valence-electron chi connectivity index (χ2n) is 1.73. The molecule has 1 unspecified atom stereocenters. The van der Waals surface area contributed by atoms with Gasteiger partial charge in [-0.3, -0.25) is 0 Å². The van der Waals surface area contributed by atoms with Crippen LogP contribution in [0, 0.1) is 6.42 Å². The van der Waals surface area contributed by atoms with Gasteiger partial charge < -0.3 is 9.84 Å². The number of aliphatic hydroxyl groups excluding tert-OH is 1. The highest BCUT2D eigenvalue weighted by molar-refractivity contribution is 4.70. The van der Waals surface area contributed by atoms with Crippen LogP contribution in [0.2, 0.25) is 0 Å². The van der Waals surface area contributed by atoms with Crippen molar-refractivity contribution in [2.24, 2.45) is 0 Å². The minimum Gasteiger partial charge on any atom is -0.390 e. The molecular formula is C7H13O2. The summed E-state index contributed by atoms with van der Waals surface area (Å²) in [5, 5.41) is 8.87. The van der Waals surface area contributed by atoms with E-state index < -0.39 is 6.10 Å². The first-order valence-electron chi connectivity index (χ1n) is 2.97. The highest BCUT2D eigenvalue weighted by Gasteiger charge is 1.97. The fraction of sp³-hybridized carbons (Fsp3) is 0.571. The molecule has 0 aromatic carbocycles. The van der Waals surface area contributed by atoms with Gasteiger partial charge in [0.15, 0.2) is 0 Å². The maximum Gasteiger partial charge on any atom is 0.0802 e. The molecule has 0 heterocycles. The van der Waals surface area contributed by atoms with Crippen LogP contribution in [-0.4, -0.2) is 24.4 Å². The van der Waals surface area contributed by atoms with Gasteiger partial charge in [-0.1, -0.05) is 13.0 Å². The third-order valence-electron chi connectivity index (χ3n) is 0.909. The summed E-state index contributed by atoms with van der Waals surface area (Å²) in [6.07, 6.45) is 2.90. The lowest BCUT2D eigenvalue weighted by atomic mass is 10.3. The lowest BCUT2D eigenvalue weighted by molar-refractivity contribution is 0.0670. The normalized spacial score (nSPS) is 13.1. The first-order chi connectivity index (χ1) is 4.31. The van der Waals surface area contributed by atoms with Gasteiger partial charge in [0.05, 0.1) is 19.3 Å². The lowest BCUT2D eigenvalue weighted by Gasteiger charge is -2.05. The van der Waals surface area contributed by atoms with Crippen molar-refractivity contribution in [3.8, 4) is 0 Å². The molecule has 2 nitrogen and oxygen atoms in total. The molecule has 0 bridgehead atoms. The SMILES string of the molecule is C=CCOCC(O)[CH]C. The molecule has 9 heavy (non-hydrogen) atoms. The molecule has 0 saturated heterocycles. The van der Waals surface area contributed by atoms with E-state index in [-0.39, 0.29) is 0 Å². The monoisotopic (exact) mass is 129 g/mol. The topological polar surface area (TPSA) is 29.5 Å². The zero-order valence-electron chi connectivity index (χ0n) is 5.71. The summed E-state index contributed by atoms with van der Waals surface area (Å²) in [5.74, 6) is 0. The van der Waals surface area contributed by atoms with Crippen LogP contribution in [0.25, 0.3) is 0 Å². The lowest BCUT2D eigenvalue weighted by Crippen LogP contribution is -2.14. The summed E-state index contributed by atoms with van der Waals surface area (Å²) in [6.45, 7) is 6.13. The number of ether oxygens (including phenoxy) is 1. The molecule has 0 aliphatic heterocycles. The minimum atomic E-state index is -0.440. The second kappa shape index (κ2) is 5.79. The quantitative estimate of drug-likeness (QED) is 0.439. The Morgan fingerprint density at radius 3 is 2.89 bits per heavy atom. The van der Waals surface area contributed by atoms with E-state index in [1.54, 1.807) is 19.4 Å². The standard InChI is InChI=1S/C7H13O2/c1-3-5-9-6-7(8)4-2/h3-4,7-8H,1,5-6H2,2H3. The molecular weight excluding hydrogens is 116 g/mol. The van der Waals surface area contributed by atoms with E-state index in [4.69, 9.17) is 9.84 Å². The van der Waals surface area contributed by atoms with Gasteiger partial charge in [-0.05, 0) is 6.42 Å². The number of aliphatic hydroxyl groups is 1. The molecule has 0 rings (SSSR count). The largest absolute Gasteiger partial charge is 0.390 e. The smallest absolute Gasteiger partial charge is 0.0802 e. The summed E-state index contributed by atoms with van der Waals surface area (Å²) >= 11 is 0. The summed E-state index contributed by atoms with van der Waals surface area (Å²) in [6, 6.07) is 0. The molecule has 1 atom stereocenters. The summed E-state index contributed by atoms with van der Waals surface area (Å²) in [7, 11) is 0. The average Bonchev–Trinajstić information content (AvgIpc) is 1.89. The molecule has 53 valence electrons. The van der Waals surface area contributed by atoms with Crippen LogP contribution in [0.4, 0.5) is 0 Å². The van der Waals surface area contributed by atoms with Crippen molar-refractivity contribution in [2.45, 2.75) is 13.0 Å². The van der Waals surface area contributed by atoms with E-state index in [9.17, 15) is 0 Å². The van der Waals surface area contributed by atoms with E-state index >= 15 is 0 Å². The van der Waals surface area contributed by atoms with E-state index in [2.05, 4.69) is 6.58 Å². The Morgan fingerprint density at radius 1 is 1.78 bits per heavy atom. The van der Waals surface area contributed by atoms with Crippen molar-refractivity contribution in [3.63, 3.8) is 0 Å². The molecule has 0 aromatic rings. The Kier molecular flexibility index (Phi) is 5.57. The van der Waals surface area contributed by atoms with Crippen LogP contribution in [-0.2, 0) is 4.74 Å². The van der Waals surface area contributed by atoms with Gasteiger partial charge in [0.25, 0.3) is 0 Å². The zero-order chi connectivity index (χ0) is 7.11. The minimum absolute atomic E-state index is 0.364. The zero-order valence-corrected chi connectivity index (χ0v) is 5.71. The third kappa shape index (κ3) is 5.53. The van der Waals surface area contributed by atoms with Gasteiger partial charge in [0.1, 0.15) is 0 Å². The average molecular weight is 129 g/mol. The van der Waals surface area contributed by atoms with Gasteiger partial charge in [-0.2, -0.15) is 0 Å². The first kappa shape index (κ1) is 8.66. The van der Waals surface area contributed by atoms with Crippen LogP contribution in [0.1, 0.15) is 6.92 Å². The molecule has 0 saturated carbocycles. The van der Waals surface area contributed by atoms with Crippen molar-refractivity contribution in [2.75, 3.05) is 13.2 Å². The number of rotatable bonds is 5. The predicted molar refractivity (Wildman–Crippen MR) is 37.0 cm³/mol. The maximum absolute atomic E-state index is 8.87. The third-order valence-corrected chi connectivity index (χ3v) is 0.909. The Labute approximate surface area is 56.1 Å². The highest BCUT2D eigenvalue weighted by atomic mass is 16.5. The van der Waals surface area contributed by atoms with E-state index in [1.807, 2.05) is 0 Å².